The molecule has 4 nitrogen and oxygen atoms in total. The lowest BCUT2D eigenvalue weighted by atomic mass is 10.2. The van der Waals surface area contributed by atoms with Crippen molar-refractivity contribution in [2.24, 2.45) is 7.05 Å². The van der Waals surface area contributed by atoms with Crippen LogP contribution in [-0.2, 0) is 7.05 Å². The molecule has 0 aliphatic rings. The molecule has 0 aliphatic carbocycles. The van der Waals surface area contributed by atoms with Crippen LogP contribution in [0, 0.1) is 0 Å². The summed E-state index contributed by atoms with van der Waals surface area (Å²) in [7, 11) is 1.82. The topological polar surface area (TPSA) is 58.3 Å². The van der Waals surface area contributed by atoms with Crippen LogP contribution in [0.15, 0.2) is 36.4 Å². The Kier molecular flexibility index (Phi) is 2.61. The van der Waals surface area contributed by atoms with Crippen LogP contribution >= 0.6 is 11.6 Å². The first-order valence-electron chi connectivity index (χ1n) is 5.72. The van der Waals surface area contributed by atoms with Gasteiger partial charge in [-0.3, -0.25) is 0 Å². The fraction of sp³-hybridized carbons (Fsp3) is 0.0714. The van der Waals surface area contributed by atoms with E-state index in [1.165, 1.54) is 6.07 Å². The highest BCUT2D eigenvalue weighted by molar-refractivity contribution is 6.35. The van der Waals surface area contributed by atoms with Gasteiger partial charge in [0.25, 0.3) is 0 Å². The molecule has 0 fully saturated rings. The Morgan fingerprint density at radius 2 is 1.84 bits per heavy atom. The Hall–Kier alpha value is -2.20. The molecular weight excluding hydrogens is 264 g/mol. The molecule has 0 unspecified atom stereocenters. The van der Waals surface area contributed by atoms with E-state index in [1.54, 1.807) is 22.8 Å². The monoisotopic (exact) mass is 274 g/mol. The predicted molar refractivity (Wildman–Crippen MR) is 74.5 cm³/mol. The van der Waals surface area contributed by atoms with Crippen molar-refractivity contribution < 1.29 is 10.2 Å². The molecule has 0 saturated heterocycles. The van der Waals surface area contributed by atoms with Gasteiger partial charge >= 0.3 is 0 Å². The molecule has 0 spiro atoms. The van der Waals surface area contributed by atoms with Crippen molar-refractivity contribution in [3.8, 4) is 22.9 Å². The van der Waals surface area contributed by atoms with E-state index in [4.69, 9.17) is 11.6 Å². The number of halogens is 1. The first kappa shape index (κ1) is 11.9. The number of nitrogens with zero attached hydrogens (tertiary/aromatic N) is 2. The molecule has 3 aromatic rings. The zero-order valence-corrected chi connectivity index (χ0v) is 10.9. The van der Waals surface area contributed by atoms with Crippen LogP contribution in [0.5, 0.6) is 11.5 Å². The van der Waals surface area contributed by atoms with Crippen LogP contribution in [0.4, 0.5) is 0 Å². The third kappa shape index (κ3) is 1.72. The van der Waals surface area contributed by atoms with E-state index < -0.39 is 0 Å². The van der Waals surface area contributed by atoms with Crippen LogP contribution in [0.25, 0.3) is 22.4 Å². The maximum absolute atomic E-state index is 9.93. The van der Waals surface area contributed by atoms with Crippen molar-refractivity contribution in [3.63, 3.8) is 0 Å². The predicted octanol–water partition coefficient (Wildman–Crippen LogP) is 3.30. The number of aryl methyl sites for hydroxylation is 1. The van der Waals surface area contributed by atoms with Crippen molar-refractivity contribution >= 4 is 22.6 Å². The van der Waals surface area contributed by atoms with E-state index in [0.29, 0.717) is 16.4 Å². The fourth-order valence-corrected chi connectivity index (χ4v) is 2.47. The molecule has 3 rings (SSSR count). The molecule has 2 N–H and O–H groups in total. The Morgan fingerprint density at radius 3 is 2.58 bits per heavy atom. The minimum Gasteiger partial charge on any atom is -0.504 e. The van der Waals surface area contributed by atoms with Crippen LogP contribution in [0.1, 0.15) is 0 Å². The number of rotatable bonds is 1. The first-order valence-corrected chi connectivity index (χ1v) is 6.09. The van der Waals surface area contributed by atoms with E-state index >= 15 is 0 Å². The second-order valence-corrected chi connectivity index (χ2v) is 4.68. The van der Waals surface area contributed by atoms with Crippen LogP contribution in [0.2, 0.25) is 5.02 Å². The van der Waals surface area contributed by atoms with Gasteiger partial charge in [0.15, 0.2) is 11.5 Å². The molecule has 0 amide bonds. The molecule has 19 heavy (non-hydrogen) atoms. The Bertz CT molecular complexity index is 780. The number of hydrogen-bond donors (Lipinski definition) is 2. The summed E-state index contributed by atoms with van der Waals surface area (Å²) in [5, 5.41) is 20.1. The average Bonchev–Trinajstić information content (AvgIpc) is 2.72. The molecule has 1 heterocycles. The van der Waals surface area contributed by atoms with Gasteiger partial charge in [0.1, 0.15) is 5.82 Å². The number of aromatic nitrogens is 2. The highest BCUT2D eigenvalue weighted by Gasteiger charge is 2.16. The lowest BCUT2D eigenvalue weighted by molar-refractivity contribution is 0.405. The van der Waals surface area contributed by atoms with E-state index in [-0.39, 0.29) is 11.5 Å². The zero-order valence-electron chi connectivity index (χ0n) is 10.1. The Labute approximate surface area is 114 Å². The minimum absolute atomic E-state index is 0.171. The second kappa shape index (κ2) is 4.17. The summed E-state index contributed by atoms with van der Waals surface area (Å²) in [6.45, 7) is 0. The number of fused-ring (bicyclic) bond motifs is 1. The van der Waals surface area contributed by atoms with Crippen LogP contribution in [0.3, 0.4) is 0 Å². The maximum Gasteiger partial charge on any atom is 0.168 e. The number of phenols is 2. The zero-order chi connectivity index (χ0) is 13.6. The third-order valence-corrected chi connectivity index (χ3v) is 3.41. The SMILES string of the molecule is Cn1c(-c2cccc(O)c2O)nc2cccc(Cl)c21. The van der Waals surface area contributed by atoms with Crippen molar-refractivity contribution in [1.29, 1.82) is 0 Å². The Morgan fingerprint density at radius 1 is 1.11 bits per heavy atom. The van der Waals surface area contributed by atoms with Crippen LogP contribution < -0.4 is 0 Å². The van der Waals surface area contributed by atoms with Gasteiger partial charge in [0.05, 0.1) is 21.6 Å². The maximum atomic E-state index is 9.93. The standard InChI is InChI=1S/C14H11ClN2O2/c1-17-12-9(15)5-3-6-10(12)16-14(17)8-4-2-7-11(18)13(8)19/h2-7,18-19H,1H3. The van der Waals surface area contributed by atoms with Gasteiger partial charge in [-0.05, 0) is 24.3 Å². The normalized spacial score (nSPS) is 11.1. The molecule has 0 saturated carbocycles. The van der Waals surface area contributed by atoms with E-state index in [1.807, 2.05) is 19.2 Å². The smallest absolute Gasteiger partial charge is 0.168 e. The molecule has 0 aliphatic heterocycles. The van der Waals surface area contributed by atoms with Gasteiger partial charge in [-0.2, -0.15) is 0 Å². The minimum atomic E-state index is -0.183. The molecule has 5 heteroatoms. The van der Waals surface area contributed by atoms with Gasteiger partial charge in [-0.25, -0.2) is 4.98 Å². The van der Waals surface area contributed by atoms with Crippen molar-refractivity contribution in [3.05, 3.63) is 41.4 Å². The van der Waals surface area contributed by atoms with Crippen molar-refractivity contribution in [2.75, 3.05) is 0 Å². The fourth-order valence-electron chi connectivity index (χ4n) is 2.17. The van der Waals surface area contributed by atoms with Crippen molar-refractivity contribution in [2.45, 2.75) is 0 Å². The highest BCUT2D eigenvalue weighted by atomic mass is 35.5. The number of imidazole rings is 1. The van der Waals surface area contributed by atoms with Gasteiger partial charge < -0.3 is 14.8 Å². The lowest BCUT2D eigenvalue weighted by Gasteiger charge is -2.06. The average molecular weight is 275 g/mol. The highest BCUT2D eigenvalue weighted by Crippen LogP contribution is 2.37. The number of aromatic hydroxyl groups is 2. The van der Waals surface area contributed by atoms with Gasteiger partial charge in [-0.1, -0.05) is 23.7 Å². The van der Waals surface area contributed by atoms with Gasteiger partial charge in [0, 0.05) is 7.05 Å². The van der Waals surface area contributed by atoms with Crippen LogP contribution in [-0.4, -0.2) is 19.8 Å². The Balaban J connectivity index is 2.35. The molecule has 2 aromatic carbocycles. The van der Waals surface area contributed by atoms with Gasteiger partial charge in [0.2, 0.25) is 0 Å². The van der Waals surface area contributed by atoms with Crippen molar-refractivity contribution in [1.82, 2.24) is 9.55 Å². The largest absolute Gasteiger partial charge is 0.504 e. The van der Waals surface area contributed by atoms with Gasteiger partial charge in [-0.15, -0.1) is 0 Å². The first-order chi connectivity index (χ1) is 9.09. The van der Waals surface area contributed by atoms with E-state index in [9.17, 15) is 10.2 Å². The summed E-state index contributed by atoms with van der Waals surface area (Å²) in [5.41, 5.74) is 2.00. The number of para-hydroxylation sites is 2. The molecular formula is C14H11ClN2O2. The second-order valence-electron chi connectivity index (χ2n) is 4.28. The summed E-state index contributed by atoms with van der Waals surface area (Å²) in [6.07, 6.45) is 0. The number of benzene rings is 2. The van der Waals surface area contributed by atoms with E-state index in [0.717, 1.165) is 11.0 Å². The third-order valence-electron chi connectivity index (χ3n) is 3.10. The molecule has 1 aromatic heterocycles. The summed E-state index contributed by atoms with van der Waals surface area (Å²) in [5.74, 6) is 0.198. The molecule has 0 radical (unpaired) electrons. The quantitative estimate of drug-likeness (QED) is 0.669. The number of hydrogen-bond acceptors (Lipinski definition) is 3. The molecule has 96 valence electrons. The summed E-state index contributed by atoms with van der Waals surface area (Å²) in [6, 6.07) is 10.2. The summed E-state index contributed by atoms with van der Waals surface area (Å²) < 4.78 is 1.80. The molecule has 0 bridgehead atoms. The number of phenolic OH excluding ortho intramolecular Hbond substituents is 2. The summed E-state index contributed by atoms with van der Waals surface area (Å²) >= 11 is 6.16. The lowest BCUT2D eigenvalue weighted by Crippen LogP contribution is -1.93. The molecule has 0 atom stereocenters. The van der Waals surface area contributed by atoms with E-state index in [2.05, 4.69) is 4.98 Å². The summed E-state index contributed by atoms with van der Waals surface area (Å²) in [4.78, 5) is 4.45.